The summed E-state index contributed by atoms with van der Waals surface area (Å²) in [7, 11) is 2.12. The predicted octanol–water partition coefficient (Wildman–Crippen LogP) is 1.07. The lowest BCUT2D eigenvalue weighted by Crippen LogP contribution is -2.12. The van der Waals surface area contributed by atoms with Gasteiger partial charge in [-0.2, -0.15) is 0 Å². The first kappa shape index (κ1) is 5.71. The van der Waals surface area contributed by atoms with E-state index in [2.05, 4.69) is 23.0 Å². The van der Waals surface area contributed by atoms with Crippen LogP contribution in [0.1, 0.15) is 5.56 Å². The maximum atomic E-state index is 4.06. The molecule has 2 nitrogen and oxygen atoms in total. The Balaban J connectivity index is 2.51. The molecule has 1 aliphatic rings. The lowest BCUT2D eigenvalue weighted by molar-refractivity contribution is 0.955. The molecule has 0 atom stereocenters. The van der Waals surface area contributed by atoms with E-state index in [1.165, 1.54) is 11.3 Å². The molecule has 0 aliphatic carbocycles. The summed E-state index contributed by atoms with van der Waals surface area (Å²) in [5.41, 5.74) is 2.72. The number of hydrogen-bond donors (Lipinski definition) is 0. The molecule has 0 aromatic carbocycles. The second-order valence-electron chi connectivity index (χ2n) is 2.68. The first-order valence-electron chi connectivity index (χ1n) is 3.52. The van der Waals surface area contributed by atoms with Gasteiger partial charge >= 0.3 is 0 Å². The first-order chi connectivity index (χ1) is 4.88. The molecule has 0 saturated heterocycles. The van der Waals surface area contributed by atoms with Gasteiger partial charge in [-0.1, -0.05) is 0 Å². The van der Waals surface area contributed by atoms with Crippen molar-refractivity contribution in [2.45, 2.75) is 6.42 Å². The summed E-state index contributed by atoms with van der Waals surface area (Å²) >= 11 is 0. The Bertz CT molecular complexity index is 245. The molecule has 0 N–H and O–H groups in total. The van der Waals surface area contributed by atoms with Crippen molar-refractivity contribution in [3.05, 3.63) is 24.0 Å². The Hall–Kier alpha value is -1.05. The molecule has 0 radical (unpaired) electrons. The summed E-state index contributed by atoms with van der Waals surface area (Å²) < 4.78 is 0. The van der Waals surface area contributed by atoms with E-state index < -0.39 is 0 Å². The van der Waals surface area contributed by atoms with Gasteiger partial charge in [-0.25, -0.2) is 0 Å². The SMILES string of the molecule is CN1CCc2cnccc21. The van der Waals surface area contributed by atoms with Crippen molar-refractivity contribution in [2.75, 3.05) is 18.5 Å². The van der Waals surface area contributed by atoms with Crippen LogP contribution in [0, 0.1) is 0 Å². The number of fused-ring (bicyclic) bond motifs is 1. The van der Waals surface area contributed by atoms with Crippen LogP contribution < -0.4 is 4.90 Å². The molecule has 0 saturated carbocycles. The number of pyridine rings is 1. The highest BCUT2D eigenvalue weighted by atomic mass is 15.1. The van der Waals surface area contributed by atoms with Gasteiger partial charge in [0.25, 0.3) is 0 Å². The summed E-state index contributed by atoms with van der Waals surface area (Å²) in [4.78, 5) is 6.33. The van der Waals surface area contributed by atoms with Crippen LogP contribution in [0.15, 0.2) is 18.5 Å². The van der Waals surface area contributed by atoms with Crippen molar-refractivity contribution >= 4 is 5.69 Å². The van der Waals surface area contributed by atoms with Gasteiger partial charge in [0.15, 0.2) is 0 Å². The number of likely N-dealkylation sites (N-methyl/N-ethyl adjacent to an activating group) is 1. The number of hydrogen-bond acceptors (Lipinski definition) is 2. The summed E-state index contributed by atoms with van der Waals surface area (Å²) in [6.45, 7) is 1.14. The van der Waals surface area contributed by atoms with Crippen LogP contribution in [0.3, 0.4) is 0 Å². The molecule has 0 fully saturated rings. The zero-order valence-electron chi connectivity index (χ0n) is 6.04. The van der Waals surface area contributed by atoms with Gasteiger partial charge in [0.05, 0.1) is 0 Å². The molecule has 0 amide bonds. The molecular weight excluding hydrogens is 124 g/mol. The van der Waals surface area contributed by atoms with E-state index in [1.807, 2.05) is 12.4 Å². The Morgan fingerprint density at radius 1 is 1.60 bits per heavy atom. The molecule has 2 heteroatoms. The average Bonchev–Trinajstić information content (AvgIpc) is 2.34. The molecule has 0 unspecified atom stereocenters. The highest BCUT2D eigenvalue weighted by Crippen LogP contribution is 2.24. The molecule has 1 aliphatic heterocycles. The van der Waals surface area contributed by atoms with E-state index in [4.69, 9.17) is 0 Å². The molecule has 1 aromatic rings. The lowest BCUT2D eigenvalue weighted by atomic mass is 10.2. The van der Waals surface area contributed by atoms with Gasteiger partial charge in [0.1, 0.15) is 0 Å². The number of aromatic nitrogens is 1. The quantitative estimate of drug-likeness (QED) is 0.527. The van der Waals surface area contributed by atoms with Crippen molar-refractivity contribution in [2.24, 2.45) is 0 Å². The van der Waals surface area contributed by atoms with Crippen LogP contribution in [0.2, 0.25) is 0 Å². The Morgan fingerprint density at radius 3 is 3.30 bits per heavy atom. The zero-order chi connectivity index (χ0) is 6.97. The van der Waals surface area contributed by atoms with E-state index in [9.17, 15) is 0 Å². The van der Waals surface area contributed by atoms with Gasteiger partial charge in [0.2, 0.25) is 0 Å². The highest BCUT2D eigenvalue weighted by molar-refractivity contribution is 5.55. The van der Waals surface area contributed by atoms with E-state index in [1.54, 1.807) is 0 Å². The van der Waals surface area contributed by atoms with Crippen LogP contribution >= 0.6 is 0 Å². The Kier molecular flexibility index (Phi) is 1.13. The topological polar surface area (TPSA) is 16.1 Å². The average molecular weight is 134 g/mol. The van der Waals surface area contributed by atoms with Gasteiger partial charge in [-0.05, 0) is 18.1 Å². The fourth-order valence-corrected chi connectivity index (χ4v) is 1.39. The van der Waals surface area contributed by atoms with E-state index >= 15 is 0 Å². The largest absolute Gasteiger partial charge is 0.374 e. The molecule has 1 aromatic heterocycles. The smallest absolute Gasteiger partial charge is 0.0427 e. The minimum Gasteiger partial charge on any atom is -0.374 e. The van der Waals surface area contributed by atoms with Crippen LogP contribution in [-0.4, -0.2) is 18.6 Å². The van der Waals surface area contributed by atoms with Gasteiger partial charge < -0.3 is 4.90 Å². The fraction of sp³-hybridized carbons (Fsp3) is 0.375. The molecule has 2 rings (SSSR count). The second kappa shape index (κ2) is 1.97. The molecule has 0 spiro atoms. The Morgan fingerprint density at radius 2 is 2.50 bits per heavy atom. The zero-order valence-corrected chi connectivity index (χ0v) is 6.04. The third-order valence-electron chi connectivity index (χ3n) is 2.01. The number of nitrogens with zero attached hydrogens (tertiary/aromatic N) is 2. The van der Waals surface area contributed by atoms with Crippen LogP contribution in [0.25, 0.3) is 0 Å². The van der Waals surface area contributed by atoms with Gasteiger partial charge in [0, 0.05) is 31.7 Å². The molecule has 2 heterocycles. The highest BCUT2D eigenvalue weighted by Gasteiger charge is 2.13. The third kappa shape index (κ3) is 0.685. The van der Waals surface area contributed by atoms with Crippen LogP contribution in [-0.2, 0) is 6.42 Å². The maximum absolute atomic E-state index is 4.06. The van der Waals surface area contributed by atoms with Crippen molar-refractivity contribution < 1.29 is 0 Å². The molecule has 10 heavy (non-hydrogen) atoms. The summed E-state index contributed by atoms with van der Waals surface area (Å²) in [6.07, 6.45) is 4.96. The molecular formula is C8H10N2. The summed E-state index contributed by atoms with van der Waals surface area (Å²) in [5.74, 6) is 0. The van der Waals surface area contributed by atoms with Crippen molar-refractivity contribution in [1.29, 1.82) is 0 Å². The lowest BCUT2D eigenvalue weighted by Gasteiger charge is -2.09. The fourth-order valence-electron chi connectivity index (χ4n) is 1.39. The number of rotatable bonds is 0. The number of anilines is 1. The molecule has 52 valence electrons. The summed E-state index contributed by atoms with van der Waals surface area (Å²) in [5, 5.41) is 0. The second-order valence-corrected chi connectivity index (χ2v) is 2.68. The monoisotopic (exact) mass is 134 g/mol. The van der Waals surface area contributed by atoms with Crippen LogP contribution in [0.4, 0.5) is 5.69 Å². The first-order valence-corrected chi connectivity index (χ1v) is 3.52. The van der Waals surface area contributed by atoms with Crippen molar-refractivity contribution in [1.82, 2.24) is 4.98 Å². The van der Waals surface area contributed by atoms with E-state index in [-0.39, 0.29) is 0 Å². The minimum atomic E-state index is 1.14. The van der Waals surface area contributed by atoms with Gasteiger partial charge in [-0.3, -0.25) is 4.98 Å². The van der Waals surface area contributed by atoms with E-state index in [0.29, 0.717) is 0 Å². The van der Waals surface area contributed by atoms with Crippen molar-refractivity contribution in [3.63, 3.8) is 0 Å². The summed E-state index contributed by atoms with van der Waals surface area (Å²) in [6, 6.07) is 2.07. The minimum absolute atomic E-state index is 1.14. The standard InChI is InChI=1S/C8H10N2/c1-10-5-3-7-6-9-4-2-8(7)10/h2,4,6H,3,5H2,1H3. The van der Waals surface area contributed by atoms with E-state index in [0.717, 1.165) is 13.0 Å². The predicted molar refractivity (Wildman–Crippen MR) is 41.2 cm³/mol. The molecule has 0 bridgehead atoms. The van der Waals surface area contributed by atoms with Crippen LogP contribution in [0.5, 0.6) is 0 Å². The van der Waals surface area contributed by atoms with Gasteiger partial charge in [-0.15, -0.1) is 0 Å². The van der Waals surface area contributed by atoms with Crippen molar-refractivity contribution in [3.8, 4) is 0 Å². The third-order valence-corrected chi connectivity index (χ3v) is 2.01. The maximum Gasteiger partial charge on any atom is 0.0427 e. The Labute approximate surface area is 60.5 Å². The normalized spacial score (nSPS) is 15.5.